The summed E-state index contributed by atoms with van der Waals surface area (Å²) in [6.07, 6.45) is 0. The maximum Gasteiger partial charge on any atom is 0.337 e. The molecule has 0 heterocycles. The van der Waals surface area contributed by atoms with Crippen LogP contribution in [0.4, 0.5) is 17.1 Å². The van der Waals surface area contributed by atoms with Crippen molar-refractivity contribution in [2.45, 2.75) is 13.5 Å². The fourth-order valence-corrected chi connectivity index (χ4v) is 3.47. The average molecular weight is 453 g/mol. The molecule has 170 valence electrons. The molecule has 0 radical (unpaired) electrons. The Morgan fingerprint density at radius 3 is 2.21 bits per heavy atom. The Kier molecular flexibility index (Phi) is 6.89. The van der Waals surface area contributed by atoms with E-state index in [0.29, 0.717) is 23.6 Å². The number of benzene rings is 4. The maximum atomic E-state index is 13.2. The first-order valence-electron chi connectivity index (χ1n) is 10.8. The van der Waals surface area contributed by atoms with E-state index in [0.717, 1.165) is 16.8 Å². The number of amides is 1. The number of carbonyl (C=O) groups excluding carboxylic acids is 1. The van der Waals surface area contributed by atoms with E-state index in [4.69, 9.17) is 4.74 Å². The van der Waals surface area contributed by atoms with Crippen molar-refractivity contribution in [3.63, 3.8) is 0 Å². The molecule has 3 N–H and O–H groups in total. The number of aromatic carboxylic acids is 1. The lowest BCUT2D eigenvalue weighted by molar-refractivity contribution is 0.0698. The van der Waals surface area contributed by atoms with E-state index in [1.165, 1.54) is 6.07 Å². The smallest absolute Gasteiger partial charge is 0.337 e. The number of hydrogen-bond acceptors (Lipinski definition) is 4. The van der Waals surface area contributed by atoms with Gasteiger partial charge in [-0.3, -0.25) is 4.79 Å². The zero-order valence-electron chi connectivity index (χ0n) is 18.6. The lowest BCUT2D eigenvalue weighted by Gasteiger charge is -2.16. The van der Waals surface area contributed by atoms with Crippen molar-refractivity contribution in [1.29, 1.82) is 0 Å². The molecule has 0 aliphatic heterocycles. The standard InChI is InChI=1S/C28H24N2O4/c1-19-12-15-25(24(16-19)28(32)33)30-27(31)23-14-13-22(34-18-20-8-4-2-5-9-20)17-26(23)29-21-10-6-3-7-11-21/h2-17,29H,18H2,1H3,(H,30,31)(H,32,33). The van der Waals surface area contributed by atoms with E-state index in [1.807, 2.05) is 60.7 Å². The maximum absolute atomic E-state index is 13.2. The highest BCUT2D eigenvalue weighted by atomic mass is 16.5. The first kappa shape index (κ1) is 22.6. The lowest BCUT2D eigenvalue weighted by Crippen LogP contribution is -2.16. The molecule has 0 spiro atoms. The zero-order chi connectivity index (χ0) is 23.9. The predicted octanol–water partition coefficient (Wildman–Crippen LogP) is 6.27. The summed E-state index contributed by atoms with van der Waals surface area (Å²) in [5.41, 5.74) is 3.79. The van der Waals surface area contributed by atoms with Crippen molar-refractivity contribution in [3.05, 3.63) is 119 Å². The van der Waals surface area contributed by atoms with Crippen molar-refractivity contribution in [3.8, 4) is 5.75 Å². The number of carbonyl (C=O) groups is 2. The van der Waals surface area contributed by atoms with Crippen LogP contribution in [0.1, 0.15) is 31.8 Å². The summed E-state index contributed by atoms with van der Waals surface area (Å²) in [7, 11) is 0. The summed E-state index contributed by atoms with van der Waals surface area (Å²) in [6, 6.07) is 29.3. The van der Waals surface area contributed by atoms with Crippen molar-refractivity contribution >= 4 is 28.9 Å². The highest BCUT2D eigenvalue weighted by Crippen LogP contribution is 2.28. The van der Waals surface area contributed by atoms with Crippen LogP contribution in [0.25, 0.3) is 0 Å². The fraction of sp³-hybridized carbons (Fsp3) is 0.0714. The molecule has 1 amide bonds. The van der Waals surface area contributed by atoms with Gasteiger partial charge in [-0.2, -0.15) is 0 Å². The molecule has 0 bridgehead atoms. The SMILES string of the molecule is Cc1ccc(NC(=O)c2ccc(OCc3ccccc3)cc2Nc2ccccc2)c(C(=O)O)c1. The molecule has 0 saturated heterocycles. The number of aryl methyl sites for hydroxylation is 1. The van der Waals surface area contributed by atoms with E-state index >= 15 is 0 Å². The molecule has 0 unspecified atom stereocenters. The van der Waals surface area contributed by atoms with E-state index in [1.54, 1.807) is 37.3 Å². The van der Waals surface area contributed by atoms with Crippen molar-refractivity contribution < 1.29 is 19.4 Å². The molecule has 6 heteroatoms. The normalized spacial score (nSPS) is 10.4. The number of carboxylic acids is 1. The fourth-order valence-electron chi connectivity index (χ4n) is 3.47. The molecule has 0 saturated carbocycles. The van der Waals surface area contributed by atoms with Gasteiger partial charge in [0.25, 0.3) is 5.91 Å². The second-order valence-corrected chi connectivity index (χ2v) is 7.78. The summed E-state index contributed by atoms with van der Waals surface area (Å²) in [5, 5.41) is 15.5. The van der Waals surface area contributed by atoms with Gasteiger partial charge in [0.1, 0.15) is 12.4 Å². The number of anilines is 3. The minimum Gasteiger partial charge on any atom is -0.489 e. The molecule has 4 aromatic rings. The molecule has 4 aromatic carbocycles. The molecule has 0 atom stereocenters. The lowest BCUT2D eigenvalue weighted by atomic mass is 10.1. The summed E-state index contributed by atoms with van der Waals surface area (Å²) in [5.74, 6) is -0.939. The first-order valence-corrected chi connectivity index (χ1v) is 10.8. The Balaban J connectivity index is 1.62. The molecule has 0 aromatic heterocycles. The minimum atomic E-state index is -1.11. The van der Waals surface area contributed by atoms with Crippen LogP contribution >= 0.6 is 0 Å². The quantitative estimate of drug-likeness (QED) is 0.293. The van der Waals surface area contributed by atoms with Crippen molar-refractivity contribution in [2.75, 3.05) is 10.6 Å². The minimum absolute atomic E-state index is 0.0359. The Morgan fingerprint density at radius 1 is 0.794 bits per heavy atom. The van der Waals surface area contributed by atoms with Crippen molar-refractivity contribution in [2.24, 2.45) is 0 Å². The number of ether oxygens (including phenoxy) is 1. The van der Waals surface area contributed by atoms with Gasteiger partial charge in [0.2, 0.25) is 0 Å². The zero-order valence-corrected chi connectivity index (χ0v) is 18.6. The number of hydrogen-bond donors (Lipinski definition) is 3. The number of para-hydroxylation sites is 1. The largest absolute Gasteiger partial charge is 0.489 e. The summed E-state index contributed by atoms with van der Waals surface area (Å²) >= 11 is 0. The van der Waals surface area contributed by atoms with Gasteiger partial charge in [0.15, 0.2) is 0 Å². The summed E-state index contributed by atoms with van der Waals surface area (Å²) < 4.78 is 5.94. The van der Waals surface area contributed by atoms with Crippen LogP contribution < -0.4 is 15.4 Å². The van der Waals surface area contributed by atoms with Gasteiger partial charge in [-0.05, 0) is 48.9 Å². The van der Waals surface area contributed by atoms with Gasteiger partial charge >= 0.3 is 5.97 Å². The molecular formula is C28H24N2O4. The molecular weight excluding hydrogens is 428 g/mol. The third kappa shape index (κ3) is 5.61. The van der Waals surface area contributed by atoms with E-state index in [-0.39, 0.29) is 11.3 Å². The molecule has 34 heavy (non-hydrogen) atoms. The summed E-state index contributed by atoms with van der Waals surface area (Å²) in [4.78, 5) is 24.8. The first-order chi connectivity index (χ1) is 16.5. The van der Waals surface area contributed by atoms with Gasteiger partial charge in [-0.1, -0.05) is 60.2 Å². The Bertz CT molecular complexity index is 1300. The van der Waals surface area contributed by atoms with Gasteiger partial charge in [-0.25, -0.2) is 4.79 Å². The molecule has 0 fully saturated rings. The van der Waals surface area contributed by atoms with Crippen LogP contribution in [0.15, 0.2) is 97.1 Å². The second kappa shape index (κ2) is 10.4. The Labute approximate surface area is 197 Å². The highest BCUT2D eigenvalue weighted by Gasteiger charge is 2.17. The molecule has 6 nitrogen and oxygen atoms in total. The summed E-state index contributed by atoms with van der Waals surface area (Å²) in [6.45, 7) is 2.19. The molecule has 4 rings (SSSR count). The third-order valence-electron chi connectivity index (χ3n) is 5.19. The molecule has 0 aliphatic carbocycles. The van der Waals surface area contributed by atoms with Crippen LogP contribution in [0, 0.1) is 6.92 Å². The topological polar surface area (TPSA) is 87.7 Å². The van der Waals surface area contributed by atoms with Gasteiger partial charge < -0.3 is 20.5 Å². The number of rotatable bonds is 8. The third-order valence-corrected chi connectivity index (χ3v) is 5.19. The van der Waals surface area contributed by atoms with Gasteiger partial charge in [0, 0.05) is 11.8 Å². The highest BCUT2D eigenvalue weighted by molar-refractivity contribution is 6.11. The van der Waals surface area contributed by atoms with E-state index in [9.17, 15) is 14.7 Å². The van der Waals surface area contributed by atoms with Gasteiger partial charge in [-0.15, -0.1) is 0 Å². The second-order valence-electron chi connectivity index (χ2n) is 7.78. The van der Waals surface area contributed by atoms with E-state index < -0.39 is 11.9 Å². The van der Waals surface area contributed by atoms with Crippen LogP contribution in [0.2, 0.25) is 0 Å². The van der Waals surface area contributed by atoms with Crippen molar-refractivity contribution in [1.82, 2.24) is 0 Å². The number of carboxylic acid groups (broad SMARTS) is 1. The van der Waals surface area contributed by atoms with Gasteiger partial charge in [0.05, 0.1) is 22.5 Å². The monoisotopic (exact) mass is 452 g/mol. The Morgan fingerprint density at radius 2 is 1.50 bits per heavy atom. The molecule has 0 aliphatic rings. The van der Waals surface area contributed by atoms with E-state index in [2.05, 4.69) is 10.6 Å². The number of nitrogens with one attached hydrogen (secondary N) is 2. The Hall–Kier alpha value is -4.58. The predicted molar refractivity (Wildman–Crippen MR) is 133 cm³/mol. The van der Waals surface area contributed by atoms with Crippen LogP contribution in [0.5, 0.6) is 5.75 Å². The average Bonchev–Trinajstić information content (AvgIpc) is 2.85. The van der Waals surface area contributed by atoms with Crippen LogP contribution in [-0.2, 0) is 6.61 Å². The van der Waals surface area contributed by atoms with Crippen LogP contribution in [0.3, 0.4) is 0 Å². The van der Waals surface area contributed by atoms with Crippen LogP contribution in [-0.4, -0.2) is 17.0 Å².